The van der Waals surface area contributed by atoms with Gasteiger partial charge < -0.3 is 0 Å². The topological polar surface area (TPSA) is 0 Å². The molecule has 0 saturated heterocycles. The van der Waals surface area contributed by atoms with Crippen LogP contribution in [0, 0.1) is 53.3 Å². The van der Waals surface area contributed by atoms with Crippen molar-refractivity contribution in [2.45, 2.75) is 95.4 Å². The van der Waals surface area contributed by atoms with Gasteiger partial charge in [0.1, 0.15) is 0 Å². The van der Waals surface area contributed by atoms with Gasteiger partial charge in [0.05, 0.1) is 0 Å². The molecule has 7 atom stereocenters. The first-order valence-electron chi connectivity index (χ1n) is 10.6. The molecule has 0 aliphatic heterocycles. The molecule has 0 aromatic heterocycles. The summed E-state index contributed by atoms with van der Waals surface area (Å²) >= 11 is 0. The minimum atomic E-state index is 0.797. The smallest absolute Gasteiger partial charge is 0.0360 e. The van der Waals surface area contributed by atoms with E-state index in [1.165, 1.54) is 19.3 Å². The van der Waals surface area contributed by atoms with Crippen LogP contribution < -0.4 is 0 Å². The Labute approximate surface area is 149 Å². The van der Waals surface area contributed by atoms with Crippen molar-refractivity contribution in [3.8, 4) is 0 Å². The molecule has 0 aromatic carbocycles. The Hall–Kier alpha value is 0. The monoisotopic (exact) mass is 324 g/mol. The van der Waals surface area contributed by atoms with Gasteiger partial charge >= 0.3 is 0 Å². The van der Waals surface area contributed by atoms with E-state index < -0.39 is 0 Å². The van der Waals surface area contributed by atoms with E-state index in [1.54, 1.807) is 0 Å². The molecule has 0 aliphatic rings. The normalized spacial score (nSPS) is 21.8. The van der Waals surface area contributed by atoms with Crippen LogP contribution >= 0.6 is 0 Å². The van der Waals surface area contributed by atoms with Gasteiger partial charge in [0.15, 0.2) is 0 Å². The Morgan fingerprint density at radius 3 is 1.17 bits per heavy atom. The maximum absolute atomic E-state index is 2.53. The largest absolute Gasteiger partial charge is 0.0651 e. The van der Waals surface area contributed by atoms with Crippen LogP contribution in [0.2, 0.25) is 0 Å². The van der Waals surface area contributed by atoms with E-state index >= 15 is 0 Å². The lowest BCUT2D eigenvalue weighted by molar-refractivity contribution is 0.0800. The molecule has 0 spiro atoms. The highest BCUT2D eigenvalue weighted by Crippen LogP contribution is 2.41. The van der Waals surface area contributed by atoms with Gasteiger partial charge in [-0.3, -0.25) is 0 Å². The second-order valence-corrected chi connectivity index (χ2v) is 9.05. The molecule has 0 aliphatic carbocycles. The van der Waals surface area contributed by atoms with Crippen molar-refractivity contribution in [2.75, 3.05) is 0 Å². The van der Waals surface area contributed by atoms with Gasteiger partial charge in [-0.05, 0) is 53.3 Å². The first kappa shape index (κ1) is 23.0. The lowest BCUT2D eigenvalue weighted by Gasteiger charge is -2.41. The Kier molecular flexibility index (Phi) is 10.8. The minimum Gasteiger partial charge on any atom is -0.0651 e. The van der Waals surface area contributed by atoms with Crippen LogP contribution in [0.4, 0.5) is 0 Å². The predicted octanol–water partition coefficient (Wildman–Crippen LogP) is 7.92. The van der Waals surface area contributed by atoms with Crippen LogP contribution in [-0.2, 0) is 0 Å². The molecule has 0 rings (SSSR count). The molecule has 0 saturated carbocycles. The quantitative estimate of drug-likeness (QED) is 0.362. The van der Waals surface area contributed by atoms with Crippen LogP contribution in [0.1, 0.15) is 95.4 Å². The molecule has 0 heterocycles. The van der Waals surface area contributed by atoms with Gasteiger partial charge in [0, 0.05) is 0 Å². The zero-order chi connectivity index (χ0) is 18.3. The SMILES string of the molecule is CCC(CC)C(C)C(C)C(C)C(C)C(C)C(CC)C(C)C(C)C. The third-order valence-corrected chi connectivity index (χ3v) is 7.98. The van der Waals surface area contributed by atoms with E-state index in [2.05, 4.69) is 76.2 Å². The molecular weight excluding hydrogens is 276 g/mol. The maximum atomic E-state index is 2.53. The van der Waals surface area contributed by atoms with Crippen molar-refractivity contribution < 1.29 is 0 Å². The van der Waals surface area contributed by atoms with Crippen LogP contribution in [0.5, 0.6) is 0 Å². The van der Waals surface area contributed by atoms with E-state index in [1.807, 2.05) is 0 Å². The molecule has 0 nitrogen and oxygen atoms in total. The first-order valence-corrected chi connectivity index (χ1v) is 10.6. The second kappa shape index (κ2) is 10.8. The fourth-order valence-electron chi connectivity index (χ4n) is 5.00. The maximum Gasteiger partial charge on any atom is -0.0360 e. The molecular formula is C23H48. The highest BCUT2D eigenvalue weighted by Gasteiger charge is 2.34. The summed E-state index contributed by atoms with van der Waals surface area (Å²) in [4.78, 5) is 0. The minimum absolute atomic E-state index is 0.797. The number of hydrogen-bond acceptors (Lipinski definition) is 0. The van der Waals surface area contributed by atoms with Crippen LogP contribution in [0.25, 0.3) is 0 Å². The average Bonchev–Trinajstić information content (AvgIpc) is 2.53. The second-order valence-electron chi connectivity index (χ2n) is 9.05. The lowest BCUT2D eigenvalue weighted by atomic mass is 9.65. The van der Waals surface area contributed by atoms with Crippen LogP contribution in [0.3, 0.4) is 0 Å². The van der Waals surface area contributed by atoms with Crippen molar-refractivity contribution in [2.24, 2.45) is 53.3 Å². The molecule has 23 heavy (non-hydrogen) atoms. The summed E-state index contributed by atoms with van der Waals surface area (Å²) in [5, 5.41) is 0. The van der Waals surface area contributed by atoms with Crippen molar-refractivity contribution in [3.05, 3.63) is 0 Å². The zero-order valence-corrected chi connectivity index (χ0v) is 18.3. The highest BCUT2D eigenvalue weighted by molar-refractivity contribution is 4.83. The summed E-state index contributed by atoms with van der Waals surface area (Å²) in [5.41, 5.74) is 0. The molecule has 0 bridgehead atoms. The highest BCUT2D eigenvalue weighted by atomic mass is 14.4. The van der Waals surface area contributed by atoms with Crippen LogP contribution in [0.15, 0.2) is 0 Å². The zero-order valence-electron chi connectivity index (χ0n) is 18.3. The molecule has 140 valence electrons. The van der Waals surface area contributed by atoms with Gasteiger partial charge in [0.25, 0.3) is 0 Å². The van der Waals surface area contributed by atoms with Crippen molar-refractivity contribution in [1.29, 1.82) is 0 Å². The van der Waals surface area contributed by atoms with Gasteiger partial charge in [-0.25, -0.2) is 0 Å². The first-order chi connectivity index (χ1) is 10.6. The van der Waals surface area contributed by atoms with E-state index in [-0.39, 0.29) is 0 Å². The van der Waals surface area contributed by atoms with Crippen molar-refractivity contribution >= 4 is 0 Å². The summed E-state index contributed by atoms with van der Waals surface area (Å²) in [6.45, 7) is 27.0. The summed E-state index contributed by atoms with van der Waals surface area (Å²) in [7, 11) is 0. The molecule has 0 N–H and O–H groups in total. The Morgan fingerprint density at radius 2 is 0.826 bits per heavy atom. The van der Waals surface area contributed by atoms with Gasteiger partial charge in [-0.2, -0.15) is 0 Å². The Balaban J connectivity index is 5.00. The summed E-state index contributed by atoms with van der Waals surface area (Å²) in [6.07, 6.45) is 4.00. The molecule has 0 amide bonds. The van der Waals surface area contributed by atoms with Crippen molar-refractivity contribution in [3.63, 3.8) is 0 Å². The van der Waals surface area contributed by atoms with Crippen molar-refractivity contribution in [1.82, 2.24) is 0 Å². The van der Waals surface area contributed by atoms with E-state index in [0.717, 1.165) is 53.3 Å². The average molecular weight is 325 g/mol. The van der Waals surface area contributed by atoms with Gasteiger partial charge in [-0.15, -0.1) is 0 Å². The standard InChI is InChI=1S/C23H48/c1-12-22(13-2)20(10)18(8)17(7)19(9)21(11)23(14-3)16(6)15(4)5/h15-23H,12-14H2,1-11H3. The molecule has 0 aromatic rings. The lowest BCUT2D eigenvalue weighted by Crippen LogP contribution is -2.34. The Bertz CT molecular complexity index is 288. The van der Waals surface area contributed by atoms with Crippen LogP contribution in [-0.4, -0.2) is 0 Å². The van der Waals surface area contributed by atoms with E-state index in [4.69, 9.17) is 0 Å². The third-order valence-electron chi connectivity index (χ3n) is 7.98. The third kappa shape index (κ3) is 6.09. The summed E-state index contributed by atoms with van der Waals surface area (Å²) in [5.74, 6) is 7.50. The Morgan fingerprint density at radius 1 is 0.435 bits per heavy atom. The predicted molar refractivity (Wildman–Crippen MR) is 108 cm³/mol. The molecule has 0 heteroatoms. The van der Waals surface area contributed by atoms with Gasteiger partial charge in [-0.1, -0.05) is 95.4 Å². The molecule has 7 unspecified atom stereocenters. The van der Waals surface area contributed by atoms with E-state index in [0.29, 0.717) is 0 Å². The summed E-state index contributed by atoms with van der Waals surface area (Å²) < 4.78 is 0. The fraction of sp³-hybridized carbons (Fsp3) is 1.00. The fourth-order valence-corrected chi connectivity index (χ4v) is 5.00. The summed E-state index contributed by atoms with van der Waals surface area (Å²) in [6, 6.07) is 0. The molecule has 0 fully saturated rings. The molecule has 0 radical (unpaired) electrons. The number of hydrogen-bond donors (Lipinski definition) is 0. The van der Waals surface area contributed by atoms with Gasteiger partial charge in [0.2, 0.25) is 0 Å². The van der Waals surface area contributed by atoms with E-state index in [9.17, 15) is 0 Å². The number of rotatable bonds is 11.